The van der Waals surface area contributed by atoms with Gasteiger partial charge < -0.3 is 15.3 Å². The van der Waals surface area contributed by atoms with Gasteiger partial charge in [-0.25, -0.2) is 4.79 Å². The number of allylic oxidation sites excluding steroid dienone is 2. The maximum atomic E-state index is 10.2. The molecule has 0 radical (unpaired) electrons. The van der Waals surface area contributed by atoms with E-state index in [1.165, 1.54) is 116 Å². The van der Waals surface area contributed by atoms with Crippen LogP contribution in [0, 0.1) is 92.7 Å². The average molecular weight is 921 g/mol. The summed E-state index contributed by atoms with van der Waals surface area (Å²) in [6.07, 6.45) is 37.0. The molecule has 67 heavy (non-hydrogen) atoms. The minimum Gasteiger partial charge on any atom is -0.478 e. The molecule has 1 aromatic carbocycles. The molecule has 9 rings (SSSR count). The molecule has 4 heteroatoms. The molecule has 0 saturated heterocycles. The number of aliphatic carboxylic acids is 1. The van der Waals surface area contributed by atoms with Crippen molar-refractivity contribution in [1.82, 2.24) is 0 Å². The van der Waals surface area contributed by atoms with E-state index in [1.807, 2.05) is 30.3 Å². The summed E-state index contributed by atoms with van der Waals surface area (Å²) in [5.74, 6) is 9.99. The van der Waals surface area contributed by atoms with Crippen LogP contribution in [-0.4, -0.2) is 33.5 Å². The number of rotatable bonds is 12. The Kier molecular flexibility index (Phi) is 17.3. The van der Waals surface area contributed by atoms with Crippen LogP contribution in [0.25, 0.3) is 6.08 Å². The monoisotopic (exact) mass is 921 g/mol. The van der Waals surface area contributed by atoms with Gasteiger partial charge >= 0.3 is 5.97 Å². The number of benzene rings is 1. The zero-order valence-corrected chi connectivity index (χ0v) is 44.6. The van der Waals surface area contributed by atoms with Crippen LogP contribution in [0.3, 0.4) is 0 Å². The Morgan fingerprint density at radius 3 is 1.42 bits per heavy atom. The lowest BCUT2D eigenvalue weighted by Gasteiger charge is -2.58. The number of fused-ring (bicyclic) bond motifs is 10. The minimum atomic E-state index is -0.922. The smallest absolute Gasteiger partial charge is 0.328 e. The fourth-order valence-electron chi connectivity index (χ4n) is 18.1. The largest absolute Gasteiger partial charge is 0.478 e. The van der Waals surface area contributed by atoms with E-state index in [1.54, 1.807) is 17.2 Å². The van der Waals surface area contributed by atoms with Crippen LogP contribution < -0.4 is 0 Å². The quantitative estimate of drug-likeness (QED) is 0.144. The van der Waals surface area contributed by atoms with Crippen molar-refractivity contribution in [3.63, 3.8) is 0 Å². The second-order valence-corrected chi connectivity index (χ2v) is 26.5. The summed E-state index contributed by atoms with van der Waals surface area (Å²) in [6.45, 7) is 25.1. The predicted octanol–water partition coefficient (Wildman–Crippen LogP) is 16.6. The Morgan fingerprint density at radius 2 is 1.01 bits per heavy atom. The van der Waals surface area contributed by atoms with Crippen LogP contribution >= 0.6 is 0 Å². The number of carboxylic acid groups (broad SMARTS) is 1. The molecule has 3 N–H and O–H groups in total. The Morgan fingerprint density at radius 1 is 0.582 bits per heavy atom. The number of aliphatic hydroxyl groups is 2. The van der Waals surface area contributed by atoms with Gasteiger partial charge in [-0.1, -0.05) is 161 Å². The molecule has 8 aliphatic rings. The summed E-state index contributed by atoms with van der Waals surface area (Å²) >= 11 is 0. The lowest BCUT2D eigenvalue weighted by atomic mass is 9.47. The van der Waals surface area contributed by atoms with E-state index in [4.69, 9.17) is 5.11 Å². The van der Waals surface area contributed by atoms with Crippen molar-refractivity contribution in [2.75, 3.05) is 0 Å². The van der Waals surface area contributed by atoms with Gasteiger partial charge in [0.05, 0.1) is 12.2 Å². The van der Waals surface area contributed by atoms with Gasteiger partial charge in [-0.2, -0.15) is 0 Å². The third-order valence-corrected chi connectivity index (χ3v) is 21.8. The first-order valence-electron chi connectivity index (χ1n) is 28.5. The van der Waals surface area contributed by atoms with E-state index in [2.05, 4.69) is 81.4 Å². The van der Waals surface area contributed by atoms with Crippen LogP contribution in [0.1, 0.15) is 216 Å². The molecule has 0 aromatic heterocycles. The van der Waals surface area contributed by atoms with Crippen LogP contribution in [0.4, 0.5) is 0 Å². The standard InChI is InChI=1S/2C27H46O.C9H8O2/c2*1-18(2)7-6-8-19(3)23-11-12-24-22-10-9-20-17-21(28)13-15-26(20,4)25(22)14-16-27(23,24)5;10-9(11)7-6-8-4-2-1-3-5-8/h2*9,18-19,21-25,28H,6-8,10-17H2,1-5H3;1-7H,(H,10,11)/b;;7-6+/t2*19-,21+,22+,23-,24+,25+,26+,27-;/m11./s1. The number of carbonyl (C=O) groups is 1. The Balaban J connectivity index is 0.000000163. The van der Waals surface area contributed by atoms with Gasteiger partial charge in [-0.15, -0.1) is 0 Å². The zero-order chi connectivity index (χ0) is 48.3. The fourth-order valence-corrected chi connectivity index (χ4v) is 18.1. The van der Waals surface area contributed by atoms with Crippen molar-refractivity contribution in [1.29, 1.82) is 0 Å². The third kappa shape index (κ3) is 11.3. The highest BCUT2D eigenvalue weighted by Crippen LogP contribution is 2.69. The topological polar surface area (TPSA) is 77.8 Å². The number of aliphatic hydroxyl groups excluding tert-OH is 2. The Bertz CT molecular complexity index is 1750. The summed E-state index contributed by atoms with van der Waals surface area (Å²) in [5, 5.41) is 28.7. The van der Waals surface area contributed by atoms with Crippen molar-refractivity contribution in [3.8, 4) is 0 Å². The molecule has 0 spiro atoms. The number of carboxylic acids is 1. The van der Waals surface area contributed by atoms with Gasteiger partial charge in [0, 0.05) is 6.08 Å². The van der Waals surface area contributed by atoms with Crippen molar-refractivity contribution in [2.45, 2.75) is 223 Å². The number of hydrogen-bond acceptors (Lipinski definition) is 3. The van der Waals surface area contributed by atoms with E-state index in [9.17, 15) is 15.0 Å². The Labute approximate surface area is 411 Å². The van der Waals surface area contributed by atoms with E-state index < -0.39 is 5.97 Å². The molecule has 8 aliphatic carbocycles. The second kappa shape index (κ2) is 22.1. The minimum absolute atomic E-state index is 0.0766. The molecule has 16 atom stereocenters. The van der Waals surface area contributed by atoms with Crippen LogP contribution in [0.15, 0.2) is 59.7 Å². The molecule has 4 nitrogen and oxygen atoms in total. The lowest BCUT2D eigenvalue weighted by Crippen LogP contribution is -2.50. The molecule has 0 aliphatic heterocycles. The maximum absolute atomic E-state index is 10.2. The first-order chi connectivity index (χ1) is 31.8. The van der Waals surface area contributed by atoms with Gasteiger partial charge in [0.1, 0.15) is 0 Å². The normalized spacial score (nSPS) is 40.6. The van der Waals surface area contributed by atoms with E-state index in [0.717, 1.165) is 108 Å². The first kappa shape index (κ1) is 52.6. The van der Waals surface area contributed by atoms with Crippen molar-refractivity contribution >= 4 is 12.0 Å². The van der Waals surface area contributed by atoms with Gasteiger partial charge in [0.15, 0.2) is 0 Å². The zero-order valence-electron chi connectivity index (χ0n) is 44.6. The highest BCUT2D eigenvalue weighted by molar-refractivity contribution is 5.85. The molecular formula is C63H100O4. The predicted molar refractivity (Wildman–Crippen MR) is 281 cm³/mol. The summed E-state index contributed by atoms with van der Waals surface area (Å²) in [6, 6.07) is 9.31. The van der Waals surface area contributed by atoms with Gasteiger partial charge in [0.2, 0.25) is 0 Å². The Hall–Kier alpha value is -2.17. The third-order valence-electron chi connectivity index (χ3n) is 21.8. The fraction of sp³-hybridized carbons (Fsp3) is 0.794. The molecule has 0 amide bonds. The van der Waals surface area contributed by atoms with E-state index in [0.29, 0.717) is 21.7 Å². The van der Waals surface area contributed by atoms with Crippen molar-refractivity contribution in [3.05, 3.63) is 65.3 Å². The molecule has 0 heterocycles. The average Bonchev–Trinajstić information content (AvgIpc) is 3.83. The van der Waals surface area contributed by atoms with E-state index in [-0.39, 0.29) is 12.2 Å². The molecular weight excluding hydrogens is 821 g/mol. The lowest BCUT2D eigenvalue weighted by molar-refractivity contribution is -0.131. The molecule has 6 saturated carbocycles. The summed E-state index contributed by atoms with van der Waals surface area (Å²) in [7, 11) is 0. The molecule has 1 aromatic rings. The van der Waals surface area contributed by atoms with Gasteiger partial charge in [0.25, 0.3) is 0 Å². The molecule has 0 bridgehead atoms. The highest BCUT2D eigenvalue weighted by Gasteiger charge is 2.60. The van der Waals surface area contributed by atoms with E-state index >= 15 is 0 Å². The maximum Gasteiger partial charge on any atom is 0.328 e. The van der Waals surface area contributed by atoms with Gasteiger partial charge in [-0.05, 0) is 207 Å². The van der Waals surface area contributed by atoms with Crippen molar-refractivity contribution in [2.24, 2.45) is 92.7 Å². The van der Waals surface area contributed by atoms with Crippen molar-refractivity contribution < 1.29 is 20.1 Å². The summed E-state index contributed by atoms with van der Waals surface area (Å²) in [5.41, 5.74) is 6.10. The van der Waals surface area contributed by atoms with Crippen LogP contribution in [0.2, 0.25) is 0 Å². The van der Waals surface area contributed by atoms with Crippen LogP contribution in [-0.2, 0) is 4.79 Å². The number of hydrogen-bond donors (Lipinski definition) is 3. The van der Waals surface area contributed by atoms with Gasteiger partial charge in [-0.3, -0.25) is 0 Å². The van der Waals surface area contributed by atoms with Crippen LogP contribution in [0.5, 0.6) is 0 Å². The first-order valence-corrected chi connectivity index (χ1v) is 28.5. The molecule has 0 unspecified atom stereocenters. The summed E-state index contributed by atoms with van der Waals surface area (Å²) in [4.78, 5) is 10.1. The molecule has 376 valence electrons. The molecule has 6 fully saturated rings. The highest BCUT2D eigenvalue weighted by atomic mass is 16.4. The SMILES string of the molecule is CC(C)CCC[C@@H](C)[C@H]1CC[C@H]2[C@@H]3CC=C4C[C@@H](O)CC[C@]4(C)[C@H]3CC[C@]12C.CC(C)CCC[C@@H](C)[C@H]1CC[C@H]2[C@@H]3CC=C4C[C@@H](O)CC[C@]4(C)[C@H]3CC[C@]12C.O=C(O)/C=C/c1ccccc1. The second-order valence-electron chi connectivity index (χ2n) is 26.5. The summed E-state index contributed by atoms with van der Waals surface area (Å²) < 4.78 is 0.